The third-order valence-electron chi connectivity index (χ3n) is 4.81. The van der Waals surface area contributed by atoms with Crippen molar-refractivity contribution in [2.45, 2.75) is 45.8 Å². The Hall–Kier alpha value is -3.41. The van der Waals surface area contributed by atoms with Crippen LogP contribution in [0.4, 0.5) is 5.69 Å². The summed E-state index contributed by atoms with van der Waals surface area (Å²) in [6.07, 6.45) is 4.85. The molecule has 0 saturated heterocycles. The van der Waals surface area contributed by atoms with Gasteiger partial charge in [-0.2, -0.15) is 0 Å². The van der Waals surface area contributed by atoms with E-state index in [0.717, 1.165) is 24.4 Å². The van der Waals surface area contributed by atoms with E-state index in [0.29, 0.717) is 12.1 Å². The van der Waals surface area contributed by atoms with Crippen molar-refractivity contribution in [2.24, 2.45) is 0 Å². The Morgan fingerprint density at radius 2 is 1.80 bits per heavy atom. The molecule has 156 valence electrons. The van der Waals surface area contributed by atoms with Crippen LogP contribution in [-0.4, -0.2) is 21.4 Å². The molecule has 0 aliphatic rings. The summed E-state index contributed by atoms with van der Waals surface area (Å²) in [4.78, 5) is 28.2. The largest absolute Gasteiger partial charge is 0.454 e. The molecule has 1 aromatic heterocycles. The molecule has 1 N–H and O–H groups in total. The number of hydrogen-bond acceptors (Lipinski definition) is 4. The monoisotopic (exact) mass is 405 g/mol. The standard InChI is InChI=1S/C24H27N3O3/c1-3-27-16-15-25-24(27)22(14-11-19-7-5-4-6-8-19)30-23(29)17-20-9-12-21(13-10-20)26-18(2)28/h4-10,12-13,15-16,22H,3,11,14,17H2,1-2H3,(H,26,28). The number of esters is 1. The molecule has 6 nitrogen and oxygen atoms in total. The second kappa shape index (κ2) is 10.4. The number of imidazole rings is 1. The number of nitrogens with one attached hydrogen (secondary N) is 1. The molecule has 0 spiro atoms. The van der Waals surface area contributed by atoms with Gasteiger partial charge in [0, 0.05) is 31.5 Å². The summed E-state index contributed by atoms with van der Waals surface area (Å²) < 4.78 is 7.87. The molecular formula is C24H27N3O3. The van der Waals surface area contributed by atoms with Crippen molar-refractivity contribution >= 4 is 17.6 Å². The second-order valence-electron chi connectivity index (χ2n) is 7.13. The summed E-state index contributed by atoms with van der Waals surface area (Å²) in [5, 5.41) is 2.71. The first kappa shape index (κ1) is 21.3. The van der Waals surface area contributed by atoms with Crippen molar-refractivity contribution in [2.75, 3.05) is 5.32 Å². The van der Waals surface area contributed by atoms with Crippen LogP contribution in [-0.2, 0) is 33.7 Å². The van der Waals surface area contributed by atoms with Crippen LogP contribution in [0.5, 0.6) is 0 Å². The van der Waals surface area contributed by atoms with Crippen LogP contribution in [0.3, 0.4) is 0 Å². The number of anilines is 1. The molecule has 1 atom stereocenters. The average molecular weight is 405 g/mol. The van der Waals surface area contributed by atoms with Crippen molar-refractivity contribution in [1.82, 2.24) is 9.55 Å². The number of carbonyl (C=O) groups is 2. The van der Waals surface area contributed by atoms with Gasteiger partial charge < -0.3 is 14.6 Å². The van der Waals surface area contributed by atoms with Crippen LogP contribution < -0.4 is 5.32 Å². The van der Waals surface area contributed by atoms with Crippen LogP contribution >= 0.6 is 0 Å². The quantitative estimate of drug-likeness (QED) is 0.538. The Balaban J connectivity index is 1.67. The molecule has 30 heavy (non-hydrogen) atoms. The number of carbonyl (C=O) groups excluding carboxylic acids is 2. The zero-order chi connectivity index (χ0) is 21.3. The van der Waals surface area contributed by atoms with Gasteiger partial charge in [-0.25, -0.2) is 4.98 Å². The van der Waals surface area contributed by atoms with Crippen molar-refractivity contribution in [1.29, 1.82) is 0 Å². The topological polar surface area (TPSA) is 73.2 Å². The SMILES string of the molecule is CCn1ccnc1C(CCc1ccccc1)OC(=O)Cc1ccc(NC(C)=O)cc1. The molecule has 1 amide bonds. The summed E-state index contributed by atoms with van der Waals surface area (Å²) in [7, 11) is 0. The lowest BCUT2D eigenvalue weighted by Gasteiger charge is -2.19. The third kappa shape index (κ3) is 6.04. The van der Waals surface area contributed by atoms with E-state index in [1.165, 1.54) is 12.5 Å². The molecule has 0 aliphatic heterocycles. The number of ether oxygens (including phenoxy) is 1. The number of rotatable bonds is 9. The molecule has 3 rings (SSSR count). The normalized spacial score (nSPS) is 11.7. The highest BCUT2D eigenvalue weighted by atomic mass is 16.5. The highest BCUT2D eigenvalue weighted by Crippen LogP contribution is 2.23. The number of aromatic nitrogens is 2. The van der Waals surface area contributed by atoms with Crippen LogP contribution in [0.2, 0.25) is 0 Å². The minimum atomic E-state index is -0.411. The highest BCUT2D eigenvalue weighted by Gasteiger charge is 2.21. The molecule has 1 unspecified atom stereocenters. The number of aryl methyl sites for hydroxylation is 2. The number of nitrogens with zero attached hydrogens (tertiary/aromatic N) is 2. The highest BCUT2D eigenvalue weighted by molar-refractivity contribution is 5.88. The van der Waals surface area contributed by atoms with Crippen molar-refractivity contribution in [3.05, 3.63) is 83.9 Å². The lowest BCUT2D eigenvalue weighted by Crippen LogP contribution is -2.18. The summed E-state index contributed by atoms with van der Waals surface area (Å²) in [6.45, 7) is 4.26. The molecule has 0 aliphatic carbocycles. The van der Waals surface area contributed by atoms with E-state index >= 15 is 0 Å². The molecular weight excluding hydrogens is 378 g/mol. The van der Waals surface area contributed by atoms with Crippen molar-refractivity contribution in [3.63, 3.8) is 0 Å². The van der Waals surface area contributed by atoms with E-state index in [4.69, 9.17) is 4.74 Å². The lowest BCUT2D eigenvalue weighted by molar-refractivity contribution is -0.149. The zero-order valence-electron chi connectivity index (χ0n) is 17.4. The maximum absolute atomic E-state index is 12.7. The fourth-order valence-corrected chi connectivity index (χ4v) is 3.34. The van der Waals surface area contributed by atoms with Crippen molar-refractivity contribution < 1.29 is 14.3 Å². The Kier molecular flexibility index (Phi) is 7.38. The minimum Gasteiger partial charge on any atom is -0.454 e. The first-order valence-corrected chi connectivity index (χ1v) is 10.2. The van der Waals surface area contributed by atoms with E-state index in [9.17, 15) is 9.59 Å². The van der Waals surface area contributed by atoms with E-state index < -0.39 is 6.10 Å². The van der Waals surface area contributed by atoms with E-state index in [1.807, 2.05) is 48.0 Å². The van der Waals surface area contributed by atoms with Gasteiger partial charge in [-0.3, -0.25) is 9.59 Å². The molecule has 0 saturated carbocycles. The molecule has 0 fully saturated rings. The molecule has 3 aromatic rings. The third-order valence-corrected chi connectivity index (χ3v) is 4.81. The second-order valence-corrected chi connectivity index (χ2v) is 7.13. The van der Waals surface area contributed by atoms with Gasteiger partial charge in [-0.05, 0) is 43.0 Å². The Morgan fingerprint density at radius 1 is 1.07 bits per heavy atom. The van der Waals surface area contributed by atoms with Gasteiger partial charge in [0.2, 0.25) is 5.91 Å². The van der Waals surface area contributed by atoms with Gasteiger partial charge in [0.1, 0.15) is 5.82 Å². The van der Waals surface area contributed by atoms with E-state index in [-0.39, 0.29) is 18.3 Å². The maximum atomic E-state index is 12.7. The zero-order valence-corrected chi connectivity index (χ0v) is 17.4. The number of hydrogen-bond donors (Lipinski definition) is 1. The van der Waals surface area contributed by atoms with Gasteiger partial charge in [0.05, 0.1) is 6.42 Å². The van der Waals surface area contributed by atoms with Crippen LogP contribution in [0, 0.1) is 0 Å². The summed E-state index contributed by atoms with van der Waals surface area (Å²) >= 11 is 0. The van der Waals surface area contributed by atoms with Gasteiger partial charge in [0.25, 0.3) is 0 Å². The number of benzene rings is 2. The van der Waals surface area contributed by atoms with E-state index in [1.54, 1.807) is 18.3 Å². The van der Waals surface area contributed by atoms with Gasteiger partial charge in [-0.1, -0.05) is 42.5 Å². The minimum absolute atomic E-state index is 0.130. The lowest BCUT2D eigenvalue weighted by atomic mass is 10.1. The summed E-state index contributed by atoms with van der Waals surface area (Å²) in [5.74, 6) is 0.337. The molecule has 0 bridgehead atoms. The van der Waals surface area contributed by atoms with Gasteiger partial charge in [-0.15, -0.1) is 0 Å². The smallest absolute Gasteiger partial charge is 0.310 e. The van der Waals surface area contributed by atoms with Crippen LogP contribution in [0.25, 0.3) is 0 Å². The molecule has 2 aromatic carbocycles. The van der Waals surface area contributed by atoms with Crippen LogP contribution in [0.1, 0.15) is 43.3 Å². The summed E-state index contributed by atoms with van der Waals surface area (Å²) in [6, 6.07) is 17.3. The van der Waals surface area contributed by atoms with Gasteiger partial charge >= 0.3 is 5.97 Å². The van der Waals surface area contributed by atoms with Crippen molar-refractivity contribution in [3.8, 4) is 0 Å². The average Bonchev–Trinajstić information content (AvgIpc) is 3.21. The fourth-order valence-electron chi connectivity index (χ4n) is 3.34. The first-order valence-electron chi connectivity index (χ1n) is 10.2. The predicted octanol–water partition coefficient (Wildman–Crippen LogP) is 4.32. The fraction of sp³-hybridized carbons (Fsp3) is 0.292. The van der Waals surface area contributed by atoms with Crippen LogP contribution in [0.15, 0.2) is 67.0 Å². The molecule has 6 heteroatoms. The Labute approximate surface area is 176 Å². The summed E-state index contributed by atoms with van der Waals surface area (Å²) in [5.41, 5.74) is 2.72. The maximum Gasteiger partial charge on any atom is 0.310 e. The van der Waals surface area contributed by atoms with Gasteiger partial charge in [0.15, 0.2) is 6.10 Å². The molecule has 1 heterocycles. The first-order chi connectivity index (χ1) is 14.5. The Bertz CT molecular complexity index is 965. The number of amides is 1. The predicted molar refractivity (Wildman–Crippen MR) is 116 cm³/mol. The Morgan fingerprint density at radius 3 is 2.47 bits per heavy atom. The van der Waals surface area contributed by atoms with E-state index in [2.05, 4.69) is 22.4 Å². The molecule has 0 radical (unpaired) electrons.